The van der Waals surface area contributed by atoms with Gasteiger partial charge in [0.25, 0.3) is 0 Å². The number of hydrogen-bond donors (Lipinski definition) is 3. The SMILES string of the molecule is CCC(C)C(NC(=O)C(CCC(=O)OC)NC(C)=O)C(=O)N(C)C(C(=O)N(C)C(C(=O)N(C)C(C(=O)N(C)C(C(=O)N(C)C(C(=O)N(C)C(CC(C)C)C(=O)O)C(C)CC)C(C)CC)C(C)C)C(C)CC)C(C)CC. The molecule has 0 radical (unpaired) electrons. The van der Waals surface area contributed by atoms with Crippen molar-refractivity contribution >= 4 is 59.2 Å². The van der Waals surface area contributed by atoms with Gasteiger partial charge in [-0.25, -0.2) is 4.79 Å². The quantitative estimate of drug-likeness (QED) is 0.0762. The molecular weight excluding hydrogens is 965 g/mol. The first-order valence-electron chi connectivity index (χ1n) is 27.2. The molecule has 0 saturated heterocycles. The molecule has 3 N–H and O–H groups in total. The van der Waals surface area contributed by atoms with E-state index >= 15 is 14.4 Å². The number of aliphatic carboxylic acids is 1. The maximum Gasteiger partial charge on any atom is 0.326 e. The molecule has 0 aromatic rings. The summed E-state index contributed by atoms with van der Waals surface area (Å²) in [7, 11) is 10.2. The van der Waals surface area contributed by atoms with E-state index in [1.165, 1.54) is 85.7 Å². The number of carbonyl (C=O) groups excluding carboxylic acids is 9. The minimum absolute atomic E-state index is 0.0299. The number of ether oxygens (including phenoxy) is 1. The minimum Gasteiger partial charge on any atom is -0.480 e. The third kappa shape index (κ3) is 18.7. The zero-order chi connectivity index (χ0) is 58.7. The second-order valence-corrected chi connectivity index (χ2v) is 21.9. The van der Waals surface area contributed by atoms with Gasteiger partial charge in [-0.05, 0) is 54.3 Å². The van der Waals surface area contributed by atoms with E-state index in [-0.39, 0.29) is 31.1 Å². The van der Waals surface area contributed by atoms with Gasteiger partial charge in [-0.3, -0.25) is 43.2 Å². The first-order valence-corrected chi connectivity index (χ1v) is 27.2. The molecule has 0 aromatic heterocycles. The van der Waals surface area contributed by atoms with Crippen LogP contribution in [0.25, 0.3) is 0 Å². The van der Waals surface area contributed by atoms with Gasteiger partial charge in [0.15, 0.2) is 0 Å². The molecule has 20 nitrogen and oxygen atoms in total. The monoisotopic (exact) mass is 1060 g/mol. The molecule has 0 aliphatic rings. The summed E-state index contributed by atoms with van der Waals surface area (Å²) >= 11 is 0. The van der Waals surface area contributed by atoms with Gasteiger partial charge in [0.1, 0.15) is 48.3 Å². The van der Waals surface area contributed by atoms with Crippen LogP contribution in [0, 0.1) is 41.4 Å². The molecule has 13 unspecified atom stereocenters. The van der Waals surface area contributed by atoms with E-state index in [9.17, 15) is 38.7 Å². The fourth-order valence-corrected chi connectivity index (χ4v) is 9.74. The molecule has 0 aliphatic carbocycles. The average Bonchev–Trinajstić information content (AvgIpc) is 3.36. The van der Waals surface area contributed by atoms with E-state index in [0.29, 0.717) is 32.1 Å². The number of carbonyl (C=O) groups is 10. The lowest BCUT2D eigenvalue weighted by molar-refractivity contribution is -0.160. The number of methoxy groups -OCH3 is 1. The topological polar surface area (TPSA) is 244 Å². The van der Waals surface area contributed by atoms with Gasteiger partial charge in [-0.2, -0.15) is 0 Å². The van der Waals surface area contributed by atoms with Crippen LogP contribution in [0.5, 0.6) is 0 Å². The van der Waals surface area contributed by atoms with E-state index in [0.717, 1.165) is 0 Å². The Labute approximate surface area is 450 Å². The molecule has 432 valence electrons. The summed E-state index contributed by atoms with van der Waals surface area (Å²) in [5, 5.41) is 15.5. The van der Waals surface area contributed by atoms with Crippen molar-refractivity contribution in [1.29, 1.82) is 0 Å². The predicted molar refractivity (Wildman–Crippen MR) is 289 cm³/mol. The summed E-state index contributed by atoms with van der Waals surface area (Å²) in [5.74, 6) is -8.85. The van der Waals surface area contributed by atoms with Gasteiger partial charge in [0.2, 0.25) is 47.3 Å². The summed E-state index contributed by atoms with van der Waals surface area (Å²) < 4.78 is 4.72. The van der Waals surface area contributed by atoms with Crippen molar-refractivity contribution in [2.24, 2.45) is 41.4 Å². The maximum atomic E-state index is 15.2. The Balaban J connectivity index is 7.36. The van der Waals surface area contributed by atoms with Crippen LogP contribution in [0.2, 0.25) is 0 Å². The maximum absolute atomic E-state index is 15.2. The highest BCUT2D eigenvalue weighted by Gasteiger charge is 2.47. The highest BCUT2D eigenvalue weighted by Crippen LogP contribution is 2.28. The lowest BCUT2D eigenvalue weighted by atomic mass is 9.90. The van der Waals surface area contributed by atoms with Crippen LogP contribution < -0.4 is 10.6 Å². The zero-order valence-electron chi connectivity index (χ0n) is 49.9. The molecule has 8 amide bonds. The van der Waals surface area contributed by atoms with Crippen LogP contribution in [-0.2, 0) is 52.7 Å². The Morgan fingerprint density at radius 3 is 1.08 bits per heavy atom. The Bertz CT molecular complexity index is 1930. The van der Waals surface area contributed by atoms with Crippen LogP contribution >= 0.6 is 0 Å². The van der Waals surface area contributed by atoms with Crippen LogP contribution in [0.15, 0.2) is 0 Å². The lowest BCUT2D eigenvalue weighted by Gasteiger charge is -2.44. The first-order chi connectivity index (χ1) is 34.7. The van der Waals surface area contributed by atoms with Crippen molar-refractivity contribution in [2.75, 3.05) is 49.4 Å². The number of amides is 8. The summed E-state index contributed by atoms with van der Waals surface area (Å²) in [5.41, 5.74) is 0. The van der Waals surface area contributed by atoms with Crippen LogP contribution in [-0.4, -0.2) is 191 Å². The number of esters is 1. The van der Waals surface area contributed by atoms with Gasteiger partial charge in [0.05, 0.1) is 7.11 Å². The normalized spacial score (nSPS) is 16.7. The van der Waals surface area contributed by atoms with Crippen molar-refractivity contribution in [3.63, 3.8) is 0 Å². The number of carboxylic acid groups (broad SMARTS) is 1. The Hall–Kier alpha value is -5.30. The fourth-order valence-electron chi connectivity index (χ4n) is 9.74. The standard InChI is InChI=1S/C55H100N8O12/c1-23-33(10)42(57-48(66)39(56-38(15)64)28-29-41(65)75-22)49(67)60(18)45(35(12)25-3)53(71)63(21)46(36(13)26-4)52(70)59(17)43(32(8)9)50(68)61(19)47(37(14)27-5)54(72)62(20)44(34(11)24-2)51(69)58(16)40(55(73)74)30-31(6)7/h31-37,39-40,42-47H,23-30H2,1-22H3,(H,56,64)(H,57,66)(H,73,74). The number of carboxylic acids is 1. The molecular formula is C55H100N8O12. The summed E-state index contributed by atoms with van der Waals surface area (Å²) in [4.78, 5) is 147. The number of nitrogens with zero attached hydrogens (tertiary/aromatic N) is 6. The number of rotatable bonds is 32. The smallest absolute Gasteiger partial charge is 0.326 e. The van der Waals surface area contributed by atoms with Crippen LogP contribution in [0.1, 0.15) is 155 Å². The predicted octanol–water partition coefficient (Wildman–Crippen LogP) is 4.91. The summed E-state index contributed by atoms with van der Waals surface area (Å²) in [6.07, 6.45) is 2.27. The van der Waals surface area contributed by atoms with Gasteiger partial charge >= 0.3 is 11.9 Å². The van der Waals surface area contributed by atoms with E-state index in [4.69, 9.17) is 4.74 Å². The second kappa shape index (κ2) is 32.3. The molecule has 13 atom stereocenters. The first kappa shape index (κ1) is 69.7. The molecule has 0 bridgehead atoms. The zero-order valence-corrected chi connectivity index (χ0v) is 49.9. The molecule has 0 heterocycles. The molecule has 20 heteroatoms. The number of hydrogen-bond acceptors (Lipinski definition) is 11. The van der Waals surface area contributed by atoms with Gasteiger partial charge in [0, 0.05) is 55.6 Å². The third-order valence-corrected chi connectivity index (χ3v) is 15.6. The van der Waals surface area contributed by atoms with Crippen LogP contribution in [0.4, 0.5) is 0 Å². The molecule has 0 rings (SSSR count). The molecule has 0 aromatic carbocycles. The average molecular weight is 1070 g/mol. The van der Waals surface area contributed by atoms with E-state index in [1.807, 2.05) is 76.2 Å². The minimum atomic E-state index is -1.16. The lowest BCUT2D eigenvalue weighted by Crippen LogP contribution is -2.64. The Kier molecular flexibility index (Phi) is 30.0. The van der Waals surface area contributed by atoms with E-state index in [1.54, 1.807) is 20.8 Å². The van der Waals surface area contributed by atoms with Gasteiger partial charge < -0.3 is 49.9 Å². The van der Waals surface area contributed by atoms with Crippen molar-refractivity contribution in [2.45, 2.75) is 204 Å². The number of likely N-dealkylation sites (N-methyl/N-ethyl adjacent to an activating group) is 6. The molecule has 0 fully saturated rings. The molecule has 0 spiro atoms. The summed E-state index contributed by atoms with van der Waals surface area (Å²) in [6.45, 7) is 27.0. The van der Waals surface area contributed by atoms with Crippen molar-refractivity contribution in [1.82, 2.24) is 40.0 Å². The van der Waals surface area contributed by atoms with Gasteiger partial charge in [-0.1, -0.05) is 129 Å². The van der Waals surface area contributed by atoms with E-state index < -0.39 is 137 Å². The Morgan fingerprint density at radius 1 is 0.467 bits per heavy atom. The van der Waals surface area contributed by atoms with Crippen LogP contribution in [0.3, 0.4) is 0 Å². The molecule has 0 aliphatic heterocycles. The van der Waals surface area contributed by atoms with Crippen molar-refractivity contribution in [3.8, 4) is 0 Å². The Morgan fingerprint density at radius 2 is 0.787 bits per heavy atom. The molecule has 0 saturated carbocycles. The summed E-state index contributed by atoms with van der Waals surface area (Å²) in [6, 6.07) is -8.93. The highest BCUT2D eigenvalue weighted by atomic mass is 16.5. The van der Waals surface area contributed by atoms with E-state index in [2.05, 4.69) is 10.6 Å². The fraction of sp³-hybridized carbons (Fsp3) is 0.818. The third-order valence-electron chi connectivity index (χ3n) is 15.6. The van der Waals surface area contributed by atoms with Crippen molar-refractivity contribution < 1.29 is 57.8 Å². The second-order valence-electron chi connectivity index (χ2n) is 21.9. The highest BCUT2D eigenvalue weighted by molar-refractivity contribution is 5.98. The molecule has 75 heavy (non-hydrogen) atoms. The number of nitrogens with one attached hydrogen (secondary N) is 2. The van der Waals surface area contributed by atoms with Crippen molar-refractivity contribution in [3.05, 3.63) is 0 Å². The van der Waals surface area contributed by atoms with Gasteiger partial charge in [-0.15, -0.1) is 0 Å². The largest absolute Gasteiger partial charge is 0.480 e.